The molecule has 0 amide bonds. The molecule has 1 saturated carbocycles. The zero-order valence-electron chi connectivity index (χ0n) is 11.4. The van der Waals surface area contributed by atoms with E-state index in [1.165, 1.54) is 25.4 Å². The first-order valence-corrected chi connectivity index (χ1v) is 6.40. The summed E-state index contributed by atoms with van der Waals surface area (Å²) in [6, 6.07) is 0. The normalized spacial score (nSPS) is 32.6. The van der Waals surface area contributed by atoms with Gasteiger partial charge in [0, 0.05) is 0 Å². The van der Waals surface area contributed by atoms with Gasteiger partial charge in [0.15, 0.2) is 0 Å². The van der Waals surface area contributed by atoms with Gasteiger partial charge in [0.1, 0.15) is 0 Å². The number of allylic oxidation sites excluding steroid dienone is 4. The molecule has 0 radical (unpaired) electrons. The maximum atomic E-state index is 4.31. The SMILES string of the molecule is C1=CC2C3C=CC(C3)C2C1.C=COC.C=COC. The van der Waals surface area contributed by atoms with E-state index in [-0.39, 0.29) is 0 Å². The minimum atomic E-state index is 0.925. The van der Waals surface area contributed by atoms with Gasteiger partial charge in [-0.15, -0.1) is 0 Å². The Morgan fingerprint density at radius 2 is 1.56 bits per heavy atom. The van der Waals surface area contributed by atoms with Gasteiger partial charge < -0.3 is 9.47 Å². The number of rotatable bonds is 2. The molecule has 3 rings (SSSR count). The fourth-order valence-corrected chi connectivity index (χ4v) is 2.97. The molecule has 1 fully saturated rings. The van der Waals surface area contributed by atoms with E-state index in [2.05, 4.69) is 46.9 Å². The molecule has 4 unspecified atom stereocenters. The molecule has 2 heteroatoms. The summed E-state index contributed by atoms with van der Waals surface area (Å²) in [6.45, 7) is 6.51. The molecule has 2 bridgehead atoms. The Balaban J connectivity index is 0.000000174. The minimum absolute atomic E-state index is 0.925. The van der Waals surface area contributed by atoms with E-state index in [0.29, 0.717) is 0 Å². The third kappa shape index (κ3) is 3.52. The van der Waals surface area contributed by atoms with Crippen molar-refractivity contribution >= 4 is 0 Å². The van der Waals surface area contributed by atoms with Crippen LogP contribution < -0.4 is 0 Å². The average molecular weight is 248 g/mol. The predicted octanol–water partition coefficient (Wildman–Crippen LogP) is 3.94. The molecule has 3 aliphatic carbocycles. The van der Waals surface area contributed by atoms with Crippen LogP contribution in [-0.2, 0) is 9.47 Å². The molecule has 0 aromatic heterocycles. The molecule has 0 spiro atoms. The fourth-order valence-electron chi connectivity index (χ4n) is 2.97. The maximum Gasteiger partial charge on any atom is 0.0766 e. The van der Waals surface area contributed by atoms with Crippen molar-refractivity contribution in [3.8, 4) is 0 Å². The smallest absolute Gasteiger partial charge is 0.0766 e. The Morgan fingerprint density at radius 1 is 1.00 bits per heavy atom. The molecule has 4 atom stereocenters. The largest absolute Gasteiger partial charge is 0.505 e. The molecule has 0 aromatic rings. The van der Waals surface area contributed by atoms with Gasteiger partial charge in [0.05, 0.1) is 26.7 Å². The predicted molar refractivity (Wildman–Crippen MR) is 75.9 cm³/mol. The molecule has 0 aliphatic heterocycles. The highest BCUT2D eigenvalue weighted by Crippen LogP contribution is 2.52. The van der Waals surface area contributed by atoms with E-state index in [0.717, 1.165) is 23.7 Å². The van der Waals surface area contributed by atoms with Crippen LogP contribution in [0.5, 0.6) is 0 Å². The standard InChI is InChI=1S/C10H12.2C3H6O/c1-2-9-7-4-5-8(6-7)10(9)3-1;2*1-3-4-2/h1-2,4-5,7-10H,3,6H2;2*3H,1H2,2H3. The Hall–Kier alpha value is -1.44. The monoisotopic (exact) mass is 248 g/mol. The van der Waals surface area contributed by atoms with E-state index in [1.807, 2.05) is 0 Å². The number of fused-ring (bicyclic) bond motifs is 5. The second-order valence-electron chi connectivity index (χ2n) is 4.66. The Bertz CT molecular complexity index is 309. The van der Waals surface area contributed by atoms with E-state index in [4.69, 9.17) is 0 Å². The molecule has 0 saturated heterocycles. The summed E-state index contributed by atoms with van der Waals surface area (Å²) in [5, 5.41) is 0. The van der Waals surface area contributed by atoms with Crippen molar-refractivity contribution in [2.75, 3.05) is 14.2 Å². The van der Waals surface area contributed by atoms with Crippen molar-refractivity contribution < 1.29 is 9.47 Å². The van der Waals surface area contributed by atoms with Gasteiger partial charge in [-0.25, -0.2) is 0 Å². The van der Waals surface area contributed by atoms with Crippen LogP contribution in [-0.4, -0.2) is 14.2 Å². The van der Waals surface area contributed by atoms with Crippen molar-refractivity contribution in [3.05, 3.63) is 50.0 Å². The molecule has 0 heterocycles. The molecule has 18 heavy (non-hydrogen) atoms. The zero-order chi connectivity index (χ0) is 13.4. The summed E-state index contributed by atoms with van der Waals surface area (Å²) in [7, 11) is 3.12. The van der Waals surface area contributed by atoms with Crippen LogP contribution in [0.1, 0.15) is 12.8 Å². The average Bonchev–Trinajstić information content (AvgIpc) is 3.11. The van der Waals surface area contributed by atoms with Crippen LogP contribution in [0.25, 0.3) is 0 Å². The molecular weight excluding hydrogens is 224 g/mol. The lowest BCUT2D eigenvalue weighted by atomic mass is 9.86. The number of ether oxygens (including phenoxy) is 2. The maximum absolute atomic E-state index is 4.31. The van der Waals surface area contributed by atoms with E-state index in [1.54, 1.807) is 14.2 Å². The minimum Gasteiger partial charge on any atom is -0.505 e. The molecular formula is C16H24O2. The second kappa shape index (κ2) is 7.80. The van der Waals surface area contributed by atoms with Crippen molar-refractivity contribution in [1.29, 1.82) is 0 Å². The lowest BCUT2D eigenvalue weighted by Crippen LogP contribution is -2.12. The summed E-state index contributed by atoms with van der Waals surface area (Å²) >= 11 is 0. The lowest BCUT2D eigenvalue weighted by molar-refractivity contribution is 0.339. The first-order chi connectivity index (χ1) is 8.78. The van der Waals surface area contributed by atoms with Crippen LogP contribution in [0.3, 0.4) is 0 Å². The topological polar surface area (TPSA) is 18.5 Å². The highest BCUT2D eigenvalue weighted by Gasteiger charge is 2.44. The summed E-state index contributed by atoms with van der Waals surface area (Å²) in [4.78, 5) is 0. The van der Waals surface area contributed by atoms with E-state index >= 15 is 0 Å². The Morgan fingerprint density at radius 3 is 2.06 bits per heavy atom. The van der Waals surface area contributed by atoms with Crippen molar-refractivity contribution in [1.82, 2.24) is 0 Å². The molecule has 3 aliphatic rings. The molecule has 100 valence electrons. The highest BCUT2D eigenvalue weighted by atomic mass is 16.5. The first-order valence-electron chi connectivity index (χ1n) is 6.40. The number of hydrogen-bond donors (Lipinski definition) is 0. The van der Waals surface area contributed by atoms with Crippen molar-refractivity contribution in [3.63, 3.8) is 0 Å². The van der Waals surface area contributed by atoms with Gasteiger partial charge in [0.2, 0.25) is 0 Å². The van der Waals surface area contributed by atoms with Gasteiger partial charge in [0.25, 0.3) is 0 Å². The molecule has 0 N–H and O–H groups in total. The van der Waals surface area contributed by atoms with Crippen LogP contribution in [0.2, 0.25) is 0 Å². The van der Waals surface area contributed by atoms with Gasteiger partial charge in [-0.2, -0.15) is 0 Å². The van der Waals surface area contributed by atoms with Crippen LogP contribution in [0.4, 0.5) is 0 Å². The molecule has 2 nitrogen and oxygen atoms in total. The Labute approximate surface area is 111 Å². The van der Waals surface area contributed by atoms with Gasteiger partial charge in [-0.05, 0) is 36.5 Å². The lowest BCUT2D eigenvalue weighted by Gasteiger charge is -2.18. The quantitative estimate of drug-likeness (QED) is 0.544. The van der Waals surface area contributed by atoms with Crippen molar-refractivity contribution in [2.45, 2.75) is 12.8 Å². The first kappa shape index (κ1) is 14.6. The van der Waals surface area contributed by atoms with Crippen LogP contribution in [0, 0.1) is 23.7 Å². The summed E-state index contributed by atoms with van der Waals surface area (Å²) in [6.07, 6.45) is 15.3. The summed E-state index contributed by atoms with van der Waals surface area (Å²) < 4.78 is 8.61. The summed E-state index contributed by atoms with van der Waals surface area (Å²) in [5.41, 5.74) is 0. The Kier molecular flexibility index (Phi) is 6.34. The van der Waals surface area contributed by atoms with E-state index in [9.17, 15) is 0 Å². The summed E-state index contributed by atoms with van der Waals surface area (Å²) in [5.74, 6) is 3.82. The number of hydrogen-bond acceptors (Lipinski definition) is 2. The van der Waals surface area contributed by atoms with Gasteiger partial charge in [-0.3, -0.25) is 0 Å². The van der Waals surface area contributed by atoms with Gasteiger partial charge >= 0.3 is 0 Å². The fraction of sp³-hybridized carbons (Fsp3) is 0.500. The van der Waals surface area contributed by atoms with Crippen LogP contribution in [0.15, 0.2) is 50.0 Å². The third-order valence-electron chi connectivity index (χ3n) is 3.79. The van der Waals surface area contributed by atoms with Crippen molar-refractivity contribution in [2.24, 2.45) is 23.7 Å². The number of methoxy groups -OCH3 is 2. The third-order valence-corrected chi connectivity index (χ3v) is 3.79. The van der Waals surface area contributed by atoms with Gasteiger partial charge in [-0.1, -0.05) is 37.5 Å². The van der Waals surface area contributed by atoms with Crippen LogP contribution >= 0.6 is 0 Å². The zero-order valence-corrected chi connectivity index (χ0v) is 11.4. The molecule has 0 aromatic carbocycles. The highest BCUT2D eigenvalue weighted by molar-refractivity contribution is 5.21. The van der Waals surface area contributed by atoms with E-state index < -0.39 is 0 Å². The second-order valence-corrected chi connectivity index (χ2v) is 4.66.